The summed E-state index contributed by atoms with van der Waals surface area (Å²) in [5.41, 5.74) is 2.52. The summed E-state index contributed by atoms with van der Waals surface area (Å²) in [5, 5.41) is 11.4. The first-order chi connectivity index (χ1) is 5.04. The number of rotatable bonds is 0. The summed E-state index contributed by atoms with van der Waals surface area (Å²) in [6.07, 6.45) is 2.47. The van der Waals surface area contributed by atoms with Gasteiger partial charge in [0, 0.05) is 12.5 Å². The molecule has 0 amide bonds. The van der Waals surface area contributed by atoms with Crippen LogP contribution in [0.3, 0.4) is 0 Å². The Balaban J connectivity index is 3.46. The third-order valence-corrected chi connectivity index (χ3v) is 2.31. The Morgan fingerprint density at radius 1 is 1.27 bits per heavy atom. The summed E-state index contributed by atoms with van der Waals surface area (Å²) in [6, 6.07) is 0. The fraction of sp³-hybridized carbons (Fsp3) is 0.375. The van der Waals surface area contributed by atoms with Crippen LogP contribution in [0.2, 0.25) is 5.02 Å². The Labute approximate surface area is 71.0 Å². The molecule has 0 spiro atoms. The fourth-order valence-electron chi connectivity index (χ4n) is 0.845. The Hall–Kier alpha value is -0.760. The molecule has 0 aromatic carbocycles. The van der Waals surface area contributed by atoms with E-state index >= 15 is 0 Å². The van der Waals surface area contributed by atoms with Crippen LogP contribution in [-0.4, -0.2) is 0 Å². The molecule has 0 aliphatic carbocycles. The number of aromatic nitrogens is 1. The van der Waals surface area contributed by atoms with Crippen LogP contribution in [0.25, 0.3) is 0 Å². The van der Waals surface area contributed by atoms with Crippen molar-refractivity contribution in [1.82, 2.24) is 0 Å². The Bertz CT molecular complexity index is 270. The van der Waals surface area contributed by atoms with Crippen molar-refractivity contribution in [3.8, 4) is 0 Å². The lowest BCUT2D eigenvalue weighted by Gasteiger charge is -2.05. The fourth-order valence-corrected chi connectivity index (χ4v) is 1.06. The molecule has 1 aromatic heterocycles. The Kier molecular flexibility index (Phi) is 2.05. The van der Waals surface area contributed by atoms with E-state index < -0.39 is 0 Å². The van der Waals surface area contributed by atoms with Gasteiger partial charge in [0.1, 0.15) is 5.02 Å². The van der Waals surface area contributed by atoms with Crippen molar-refractivity contribution < 1.29 is 4.73 Å². The lowest BCUT2D eigenvalue weighted by molar-refractivity contribution is -0.617. The molecule has 0 N–H and O–H groups in total. The van der Waals surface area contributed by atoms with Gasteiger partial charge in [-0.2, -0.15) is 4.73 Å². The normalized spacial score (nSPS) is 10.2. The highest BCUT2D eigenvalue weighted by Gasteiger charge is 2.11. The molecule has 0 atom stereocenters. The van der Waals surface area contributed by atoms with Gasteiger partial charge in [-0.15, -0.1) is 0 Å². The highest BCUT2D eigenvalue weighted by atomic mass is 35.5. The zero-order valence-corrected chi connectivity index (χ0v) is 7.49. The van der Waals surface area contributed by atoms with Gasteiger partial charge < -0.3 is 5.21 Å². The van der Waals surface area contributed by atoms with Crippen LogP contribution in [0, 0.1) is 32.2 Å². The number of pyridine rings is 1. The van der Waals surface area contributed by atoms with Crippen LogP contribution in [0.1, 0.15) is 16.8 Å². The van der Waals surface area contributed by atoms with Crippen LogP contribution in [0.5, 0.6) is 0 Å². The first-order valence-electron chi connectivity index (χ1n) is 3.32. The van der Waals surface area contributed by atoms with Crippen LogP contribution in [-0.2, 0) is 0 Å². The Morgan fingerprint density at radius 3 is 2.36 bits per heavy atom. The van der Waals surface area contributed by atoms with Crippen molar-refractivity contribution >= 4 is 11.6 Å². The van der Waals surface area contributed by atoms with Crippen molar-refractivity contribution in [1.29, 1.82) is 0 Å². The number of hydrogen-bond acceptors (Lipinski definition) is 1. The molecule has 1 radical (unpaired) electrons. The first-order valence-corrected chi connectivity index (χ1v) is 3.70. The molecular formula is C8H9ClNO. The van der Waals surface area contributed by atoms with Gasteiger partial charge in [0.15, 0.2) is 5.69 Å². The van der Waals surface area contributed by atoms with Gasteiger partial charge in [0.2, 0.25) is 0 Å². The van der Waals surface area contributed by atoms with Crippen molar-refractivity contribution in [2.45, 2.75) is 20.8 Å². The quantitative estimate of drug-likeness (QED) is 0.430. The summed E-state index contributed by atoms with van der Waals surface area (Å²) < 4.78 is 0.671. The van der Waals surface area contributed by atoms with E-state index in [0.717, 1.165) is 11.1 Å². The summed E-state index contributed by atoms with van der Waals surface area (Å²) in [7, 11) is 0. The molecular weight excluding hydrogens is 162 g/mol. The predicted octanol–water partition coefficient (Wildman–Crippen LogP) is 1.70. The molecule has 1 rings (SSSR count). The van der Waals surface area contributed by atoms with Gasteiger partial charge in [-0.05, 0) is 19.4 Å². The van der Waals surface area contributed by atoms with Crippen molar-refractivity contribution in [3.05, 3.63) is 33.2 Å². The van der Waals surface area contributed by atoms with E-state index in [4.69, 9.17) is 11.6 Å². The SMILES string of the molecule is Cc1c(Cl)[c][n+]([O-])c(C)c1C. The van der Waals surface area contributed by atoms with Crippen LogP contribution >= 0.6 is 11.6 Å². The summed E-state index contributed by atoms with van der Waals surface area (Å²) in [4.78, 5) is 0. The molecule has 0 aliphatic heterocycles. The minimum Gasteiger partial charge on any atom is -0.618 e. The van der Waals surface area contributed by atoms with Crippen molar-refractivity contribution in [3.63, 3.8) is 0 Å². The summed E-state index contributed by atoms with van der Waals surface area (Å²) >= 11 is 5.71. The average Bonchev–Trinajstić information content (AvgIpc) is 1.97. The van der Waals surface area contributed by atoms with Crippen LogP contribution in [0.4, 0.5) is 0 Å². The molecule has 2 nitrogen and oxygen atoms in total. The van der Waals surface area contributed by atoms with E-state index in [1.807, 2.05) is 13.8 Å². The molecule has 0 bridgehead atoms. The van der Waals surface area contributed by atoms with Crippen LogP contribution < -0.4 is 4.73 Å². The third-order valence-electron chi connectivity index (χ3n) is 1.94. The molecule has 3 heteroatoms. The third kappa shape index (κ3) is 1.31. The van der Waals surface area contributed by atoms with Gasteiger partial charge in [-0.3, -0.25) is 0 Å². The first kappa shape index (κ1) is 8.34. The highest BCUT2D eigenvalue weighted by molar-refractivity contribution is 6.31. The van der Waals surface area contributed by atoms with Gasteiger partial charge >= 0.3 is 6.20 Å². The largest absolute Gasteiger partial charge is 0.618 e. The molecule has 0 saturated carbocycles. The van der Waals surface area contributed by atoms with Gasteiger partial charge in [-0.1, -0.05) is 11.6 Å². The molecule has 59 valence electrons. The van der Waals surface area contributed by atoms with E-state index in [1.165, 1.54) is 0 Å². The molecule has 0 saturated heterocycles. The lowest BCUT2D eigenvalue weighted by Crippen LogP contribution is -2.31. The zero-order valence-electron chi connectivity index (χ0n) is 6.73. The molecule has 0 unspecified atom stereocenters. The molecule has 0 fully saturated rings. The van der Waals surface area contributed by atoms with E-state index in [-0.39, 0.29) is 0 Å². The molecule has 0 aliphatic rings. The highest BCUT2D eigenvalue weighted by Crippen LogP contribution is 2.16. The summed E-state index contributed by atoms with van der Waals surface area (Å²) in [6.45, 7) is 5.50. The molecule has 1 heterocycles. The van der Waals surface area contributed by atoms with Gasteiger partial charge in [0.25, 0.3) is 0 Å². The maximum absolute atomic E-state index is 11.0. The zero-order chi connectivity index (χ0) is 8.59. The maximum Gasteiger partial charge on any atom is 0.310 e. The monoisotopic (exact) mass is 170 g/mol. The minimum absolute atomic E-state index is 0.406. The topological polar surface area (TPSA) is 26.9 Å². The smallest absolute Gasteiger partial charge is 0.310 e. The second-order valence-electron chi connectivity index (χ2n) is 2.56. The van der Waals surface area contributed by atoms with Crippen molar-refractivity contribution in [2.75, 3.05) is 0 Å². The number of halogens is 1. The van der Waals surface area contributed by atoms with Crippen LogP contribution in [0.15, 0.2) is 0 Å². The van der Waals surface area contributed by atoms with E-state index in [0.29, 0.717) is 15.4 Å². The van der Waals surface area contributed by atoms with Gasteiger partial charge in [-0.25, -0.2) is 0 Å². The maximum atomic E-state index is 11.0. The van der Waals surface area contributed by atoms with E-state index in [9.17, 15) is 5.21 Å². The number of hydrogen-bond donors (Lipinski definition) is 0. The van der Waals surface area contributed by atoms with E-state index in [1.54, 1.807) is 6.92 Å². The number of nitrogens with zero attached hydrogens (tertiary/aromatic N) is 1. The standard InChI is InChI=1S/C8H9ClNO/c1-5-6(2)8(9)4-10(11)7(5)3/h1-3H3. The molecule has 11 heavy (non-hydrogen) atoms. The second kappa shape index (κ2) is 2.70. The summed E-state index contributed by atoms with van der Waals surface area (Å²) in [5.74, 6) is 0. The van der Waals surface area contributed by atoms with E-state index in [2.05, 4.69) is 6.20 Å². The van der Waals surface area contributed by atoms with Crippen molar-refractivity contribution in [2.24, 2.45) is 0 Å². The predicted molar refractivity (Wildman–Crippen MR) is 43.5 cm³/mol. The lowest BCUT2D eigenvalue weighted by atomic mass is 10.1. The minimum atomic E-state index is 0.406. The second-order valence-corrected chi connectivity index (χ2v) is 2.93. The Morgan fingerprint density at radius 2 is 1.82 bits per heavy atom. The average molecular weight is 171 g/mol. The molecule has 1 aromatic rings. The van der Waals surface area contributed by atoms with Gasteiger partial charge in [0.05, 0.1) is 0 Å².